The number of aliphatic hydroxyl groups is 1. The van der Waals surface area contributed by atoms with Crippen LogP contribution in [0.3, 0.4) is 0 Å². The summed E-state index contributed by atoms with van der Waals surface area (Å²) in [5.74, 6) is -3.21. The Morgan fingerprint density at radius 1 is 1.25 bits per heavy atom. The van der Waals surface area contributed by atoms with Crippen LogP contribution in [0, 0.1) is 11.8 Å². The van der Waals surface area contributed by atoms with E-state index in [4.69, 9.17) is 9.47 Å². The summed E-state index contributed by atoms with van der Waals surface area (Å²) < 4.78 is 12.1. The van der Waals surface area contributed by atoms with Crippen molar-refractivity contribution >= 4 is 39.6 Å². The highest BCUT2D eigenvalue weighted by Crippen LogP contribution is 2.60. The van der Waals surface area contributed by atoms with Gasteiger partial charge in [-0.1, -0.05) is 58.4 Å². The molecule has 0 aliphatic carbocycles. The van der Waals surface area contributed by atoms with Gasteiger partial charge in [0.25, 0.3) is 0 Å². The fourth-order valence-electron chi connectivity index (χ4n) is 6.80. The van der Waals surface area contributed by atoms with E-state index in [1.165, 1.54) is 4.90 Å². The number of esters is 1. The number of hydrogen-bond acceptors (Lipinski definition) is 7. The molecule has 7 atom stereocenters. The monoisotopic (exact) mass is 673 g/mol. The van der Waals surface area contributed by atoms with Crippen LogP contribution in [0.4, 0.5) is 0 Å². The molecule has 10 nitrogen and oxygen atoms in total. The van der Waals surface area contributed by atoms with Crippen molar-refractivity contribution in [2.75, 3.05) is 26.3 Å². The Kier molecular flexibility index (Phi) is 10.7. The van der Waals surface area contributed by atoms with Gasteiger partial charge in [0.05, 0.1) is 24.0 Å². The standard InChI is InChI=1S/C33H44BrN3O7/c1-6-8-15-24(39)43-20-23(21-13-10-9-11-14-21)35-29(40)25-26-30(41)36(17-12-18-38)28(33(26)19-22(34)27(25)44-33)31(42)37(16-7-2)32(3,4)5/h6-7,9-11,13-14,22-23,25-28,38H,1-2,8,12,15-20H2,3-5H3,(H,35,40)/t22?,23-,25-,26+,27-,28-,33+/m0/s1. The molecule has 3 aliphatic rings. The second-order valence-corrected chi connectivity index (χ2v) is 13.8. The summed E-state index contributed by atoms with van der Waals surface area (Å²) in [6.07, 6.45) is 3.95. The third-order valence-corrected chi connectivity index (χ3v) is 9.60. The lowest BCUT2D eigenvalue weighted by Crippen LogP contribution is -2.60. The summed E-state index contributed by atoms with van der Waals surface area (Å²) in [5, 5.41) is 12.7. The summed E-state index contributed by atoms with van der Waals surface area (Å²) in [6.45, 7) is 13.4. The van der Waals surface area contributed by atoms with Crippen LogP contribution in [0.5, 0.6) is 0 Å². The minimum atomic E-state index is -1.23. The van der Waals surface area contributed by atoms with Gasteiger partial charge in [-0.3, -0.25) is 19.2 Å². The van der Waals surface area contributed by atoms with Gasteiger partial charge in [-0.2, -0.15) is 0 Å². The number of carbonyl (C=O) groups excluding carboxylic acids is 4. The number of nitrogens with one attached hydrogen (secondary N) is 1. The maximum absolute atomic E-state index is 14.4. The van der Waals surface area contributed by atoms with Gasteiger partial charge in [0, 0.05) is 36.5 Å². The van der Waals surface area contributed by atoms with Gasteiger partial charge in [-0.15, -0.1) is 13.2 Å². The van der Waals surface area contributed by atoms with Gasteiger partial charge in [0.1, 0.15) is 18.2 Å². The van der Waals surface area contributed by atoms with Gasteiger partial charge in [-0.25, -0.2) is 0 Å². The molecule has 1 unspecified atom stereocenters. The van der Waals surface area contributed by atoms with Gasteiger partial charge in [-0.05, 0) is 45.6 Å². The summed E-state index contributed by atoms with van der Waals surface area (Å²) in [7, 11) is 0. The molecule has 1 aromatic carbocycles. The number of rotatable bonds is 14. The molecule has 240 valence electrons. The molecule has 0 radical (unpaired) electrons. The number of alkyl halides is 1. The molecule has 1 spiro atoms. The minimum Gasteiger partial charge on any atom is -0.463 e. The smallest absolute Gasteiger partial charge is 0.306 e. The average molecular weight is 675 g/mol. The van der Waals surface area contributed by atoms with E-state index in [1.807, 2.05) is 51.1 Å². The van der Waals surface area contributed by atoms with Crippen molar-refractivity contribution in [2.24, 2.45) is 11.8 Å². The normalized spacial score (nSPS) is 27.9. The molecule has 2 bridgehead atoms. The van der Waals surface area contributed by atoms with E-state index in [9.17, 15) is 24.3 Å². The van der Waals surface area contributed by atoms with Crippen molar-refractivity contribution < 1.29 is 33.8 Å². The van der Waals surface area contributed by atoms with Crippen molar-refractivity contribution in [3.05, 3.63) is 61.2 Å². The maximum Gasteiger partial charge on any atom is 0.306 e. The Hall–Kier alpha value is -3.02. The number of amides is 3. The second-order valence-electron chi connectivity index (χ2n) is 12.7. The molecule has 1 aromatic rings. The fraction of sp³-hybridized carbons (Fsp3) is 0.576. The van der Waals surface area contributed by atoms with E-state index in [0.717, 1.165) is 5.56 Å². The third kappa shape index (κ3) is 6.50. The molecule has 0 saturated carbocycles. The molecule has 11 heteroatoms. The predicted octanol–water partition coefficient (Wildman–Crippen LogP) is 3.30. The summed E-state index contributed by atoms with van der Waals surface area (Å²) >= 11 is 3.70. The zero-order valence-corrected chi connectivity index (χ0v) is 27.3. The first-order chi connectivity index (χ1) is 20.9. The van der Waals surface area contributed by atoms with Gasteiger partial charge in [0.2, 0.25) is 17.7 Å². The molecule has 3 fully saturated rings. The highest BCUT2D eigenvalue weighted by molar-refractivity contribution is 9.09. The van der Waals surface area contributed by atoms with Crippen molar-refractivity contribution in [1.29, 1.82) is 0 Å². The molecular formula is C33H44BrN3O7. The van der Waals surface area contributed by atoms with E-state index >= 15 is 0 Å². The topological polar surface area (TPSA) is 125 Å². The third-order valence-electron chi connectivity index (χ3n) is 8.75. The zero-order valence-electron chi connectivity index (χ0n) is 25.7. The van der Waals surface area contributed by atoms with Gasteiger partial charge < -0.3 is 29.7 Å². The number of nitrogens with zero attached hydrogens (tertiary/aromatic N) is 2. The Morgan fingerprint density at radius 3 is 2.57 bits per heavy atom. The van der Waals surface area contributed by atoms with Crippen molar-refractivity contribution in [3.8, 4) is 0 Å². The first-order valence-electron chi connectivity index (χ1n) is 15.2. The second kappa shape index (κ2) is 14.0. The molecule has 4 rings (SSSR count). The van der Waals surface area contributed by atoms with Crippen LogP contribution in [0.2, 0.25) is 0 Å². The molecule has 44 heavy (non-hydrogen) atoms. The average Bonchev–Trinajstić information content (AvgIpc) is 3.58. The highest BCUT2D eigenvalue weighted by Gasteiger charge is 2.76. The molecular weight excluding hydrogens is 630 g/mol. The van der Waals surface area contributed by atoms with E-state index in [2.05, 4.69) is 34.4 Å². The number of ether oxygens (including phenoxy) is 2. The summed E-state index contributed by atoms with van der Waals surface area (Å²) in [6, 6.07) is 7.55. The minimum absolute atomic E-state index is 0.0860. The first kappa shape index (κ1) is 33.9. The Balaban J connectivity index is 1.67. The number of carbonyl (C=O) groups is 4. The maximum atomic E-state index is 14.4. The SMILES string of the molecule is C=CCCC(=O)OC[C@H](NC(=O)[C@@H]1[C@H]2O[C@@]3(CC2Br)[C@H](C(=O)N(CC=C)C(C)(C)C)N(CCCO)C(=O)[C@@H]13)c1ccccc1. The predicted molar refractivity (Wildman–Crippen MR) is 168 cm³/mol. The lowest BCUT2D eigenvalue weighted by molar-refractivity contribution is -0.151. The first-order valence-corrected chi connectivity index (χ1v) is 16.1. The van der Waals surface area contributed by atoms with E-state index in [0.29, 0.717) is 12.8 Å². The Labute approximate surface area is 267 Å². The number of fused-ring (bicyclic) bond motifs is 1. The quantitative estimate of drug-likeness (QED) is 0.176. The van der Waals surface area contributed by atoms with Crippen LogP contribution in [0.1, 0.15) is 58.1 Å². The lowest BCUT2D eigenvalue weighted by atomic mass is 9.70. The van der Waals surface area contributed by atoms with E-state index < -0.39 is 53.0 Å². The van der Waals surface area contributed by atoms with Crippen LogP contribution < -0.4 is 5.32 Å². The van der Waals surface area contributed by atoms with Crippen LogP contribution >= 0.6 is 15.9 Å². The van der Waals surface area contributed by atoms with Gasteiger partial charge >= 0.3 is 5.97 Å². The number of likely N-dealkylation sites (tertiary alicyclic amines) is 1. The molecule has 3 heterocycles. The zero-order chi connectivity index (χ0) is 32.2. The largest absolute Gasteiger partial charge is 0.463 e. The molecule has 2 N–H and O–H groups in total. The highest BCUT2D eigenvalue weighted by atomic mass is 79.9. The fourth-order valence-corrected chi connectivity index (χ4v) is 7.75. The Bertz CT molecular complexity index is 1250. The number of halogens is 1. The Morgan fingerprint density at radius 2 is 1.95 bits per heavy atom. The van der Waals surface area contributed by atoms with Crippen molar-refractivity contribution in [2.45, 2.75) is 80.6 Å². The van der Waals surface area contributed by atoms with Crippen molar-refractivity contribution in [3.63, 3.8) is 0 Å². The number of aliphatic hydroxyl groups excluding tert-OH is 1. The molecule has 3 aliphatic heterocycles. The van der Waals surface area contributed by atoms with Crippen LogP contribution in [0.15, 0.2) is 55.6 Å². The van der Waals surface area contributed by atoms with Crippen LogP contribution in [0.25, 0.3) is 0 Å². The number of allylic oxidation sites excluding steroid dienone is 1. The summed E-state index contributed by atoms with van der Waals surface area (Å²) in [5.41, 5.74) is -1.06. The van der Waals surface area contributed by atoms with Crippen molar-refractivity contribution in [1.82, 2.24) is 15.1 Å². The molecule has 3 saturated heterocycles. The van der Waals surface area contributed by atoms with Crippen LogP contribution in [-0.2, 0) is 28.7 Å². The number of benzene rings is 1. The van der Waals surface area contributed by atoms with E-state index in [-0.39, 0.29) is 55.8 Å². The van der Waals surface area contributed by atoms with E-state index in [1.54, 1.807) is 17.1 Å². The summed E-state index contributed by atoms with van der Waals surface area (Å²) in [4.78, 5) is 58.0. The molecule has 3 amide bonds. The number of hydrogen-bond donors (Lipinski definition) is 2. The molecule has 0 aromatic heterocycles. The van der Waals surface area contributed by atoms with Crippen LogP contribution in [-0.4, -0.2) is 93.0 Å². The lowest BCUT2D eigenvalue weighted by Gasteiger charge is -2.42. The van der Waals surface area contributed by atoms with Gasteiger partial charge in [0.15, 0.2) is 0 Å².